The van der Waals surface area contributed by atoms with Crippen molar-refractivity contribution in [1.82, 2.24) is 34.5 Å². The third-order valence-electron chi connectivity index (χ3n) is 8.27. The summed E-state index contributed by atoms with van der Waals surface area (Å²) in [5.41, 5.74) is 2.34. The first-order chi connectivity index (χ1) is 19.4. The van der Waals surface area contributed by atoms with Crippen molar-refractivity contribution in [2.75, 3.05) is 38.5 Å². The standard InChI is InChI=1S/C29H35ClN8O2/c1-4-38-27-20(15-24(28(38)39)23-10-5-19(16-25(23)30)26-32-18(2)40-35-26)17-31-29(34-27)33-21-6-8-22(9-7-21)37-13-11-36(3)12-14-37/h5,10,15-17,21-22H,4,6-9,11-14H2,1-3H3,(H,31,33,34). The molecule has 0 bridgehead atoms. The highest BCUT2D eigenvalue weighted by molar-refractivity contribution is 6.33. The Morgan fingerprint density at radius 3 is 2.50 bits per heavy atom. The summed E-state index contributed by atoms with van der Waals surface area (Å²) < 4.78 is 6.77. The van der Waals surface area contributed by atoms with E-state index in [0.29, 0.717) is 58.1 Å². The van der Waals surface area contributed by atoms with Crippen molar-refractivity contribution < 1.29 is 4.52 Å². The fourth-order valence-corrected chi connectivity index (χ4v) is 6.24. The lowest BCUT2D eigenvalue weighted by molar-refractivity contribution is 0.0894. The van der Waals surface area contributed by atoms with Crippen molar-refractivity contribution in [3.8, 4) is 22.5 Å². The van der Waals surface area contributed by atoms with Gasteiger partial charge in [0.15, 0.2) is 0 Å². The molecule has 1 saturated heterocycles. The molecule has 1 aromatic carbocycles. The number of rotatable bonds is 6. The first kappa shape index (κ1) is 26.9. The molecule has 0 amide bonds. The molecule has 2 aliphatic rings. The highest BCUT2D eigenvalue weighted by Crippen LogP contribution is 2.32. The fourth-order valence-electron chi connectivity index (χ4n) is 5.96. The Morgan fingerprint density at radius 1 is 1.05 bits per heavy atom. The SMILES string of the molecule is CCn1c(=O)c(-c2ccc(-c3noc(C)n3)cc2Cl)cc2cnc(NC3CCC(N4CCN(C)CC4)CC3)nc21. The van der Waals surface area contributed by atoms with E-state index in [4.69, 9.17) is 21.1 Å². The van der Waals surface area contributed by atoms with Crippen molar-refractivity contribution in [2.24, 2.45) is 0 Å². The van der Waals surface area contributed by atoms with Crippen LogP contribution in [0.25, 0.3) is 33.5 Å². The number of fused-ring (bicyclic) bond motifs is 1. The average molecular weight is 563 g/mol. The molecule has 0 spiro atoms. The Bertz CT molecular complexity index is 1570. The summed E-state index contributed by atoms with van der Waals surface area (Å²) in [6.07, 6.45) is 6.35. The quantitative estimate of drug-likeness (QED) is 0.364. The topological polar surface area (TPSA) is 105 Å². The van der Waals surface area contributed by atoms with Crippen LogP contribution in [0.5, 0.6) is 0 Å². The maximum absolute atomic E-state index is 13.6. The number of likely N-dealkylation sites (N-methyl/N-ethyl adjacent to an activating group) is 1. The van der Waals surface area contributed by atoms with Gasteiger partial charge in [0.1, 0.15) is 5.65 Å². The molecule has 210 valence electrons. The van der Waals surface area contributed by atoms with E-state index >= 15 is 0 Å². The van der Waals surface area contributed by atoms with Crippen LogP contribution in [-0.2, 0) is 6.54 Å². The molecule has 6 rings (SSSR count). The number of piperazine rings is 1. The maximum atomic E-state index is 13.6. The Labute approximate surface area is 238 Å². The number of nitrogens with one attached hydrogen (secondary N) is 1. The van der Waals surface area contributed by atoms with Crippen LogP contribution < -0.4 is 10.9 Å². The Morgan fingerprint density at radius 2 is 1.82 bits per heavy atom. The van der Waals surface area contributed by atoms with E-state index in [2.05, 4.69) is 37.3 Å². The van der Waals surface area contributed by atoms with Gasteiger partial charge in [0.25, 0.3) is 5.56 Å². The van der Waals surface area contributed by atoms with Crippen molar-refractivity contribution in [2.45, 2.75) is 58.2 Å². The highest BCUT2D eigenvalue weighted by Gasteiger charge is 2.28. The zero-order valence-corrected chi connectivity index (χ0v) is 24.0. The number of benzene rings is 1. The molecule has 4 heterocycles. The van der Waals surface area contributed by atoms with E-state index in [-0.39, 0.29) is 5.56 Å². The summed E-state index contributed by atoms with van der Waals surface area (Å²) >= 11 is 6.66. The molecule has 1 aliphatic heterocycles. The number of aromatic nitrogens is 5. The minimum atomic E-state index is -0.141. The Kier molecular flexibility index (Phi) is 7.57. The van der Waals surface area contributed by atoms with E-state index in [1.807, 2.05) is 25.1 Å². The minimum absolute atomic E-state index is 0.141. The number of anilines is 1. The number of nitrogens with zero attached hydrogens (tertiary/aromatic N) is 7. The summed E-state index contributed by atoms with van der Waals surface area (Å²) in [6, 6.07) is 8.25. The van der Waals surface area contributed by atoms with E-state index in [1.165, 1.54) is 12.8 Å². The van der Waals surface area contributed by atoms with Crippen molar-refractivity contribution in [1.29, 1.82) is 0 Å². The Hall–Kier alpha value is -3.34. The second-order valence-corrected chi connectivity index (χ2v) is 11.3. The van der Waals surface area contributed by atoms with Gasteiger partial charge in [0.2, 0.25) is 17.7 Å². The lowest BCUT2D eigenvalue weighted by Crippen LogP contribution is -2.50. The molecule has 4 aromatic rings. The predicted molar refractivity (Wildman–Crippen MR) is 157 cm³/mol. The van der Waals surface area contributed by atoms with Crippen molar-refractivity contribution in [3.63, 3.8) is 0 Å². The summed E-state index contributed by atoms with van der Waals surface area (Å²) in [7, 11) is 2.20. The van der Waals surface area contributed by atoms with Crippen LogP contribution in [0.1, 0.15) is 38.5 Å². The third kappa shape index (κ3) is 5.35. The molecule has 11 heteroatoms. The van der Waals surface area contributed by atoms with Gasteiger partial charge < -0.3 is 14.7 Å². The number of aryl methyl sites for hydroxylation is 2. The smallest absolute Gasteiger partial charge is 0.260 e. The Balaban J connectivity index is 1.21. The maximum Gasteiger partial charge on any atom is 0.260 e. The first-order valence-corrected chi connectivity index (χ1v) is 14.5. The highest BCUT2D eigenvalue weighted by atomic mass is 35.5. The molecule has 3 aromatic heterocycles. The number of pyridine rings is 1. The fraction of sp³-hybridized carbons (Fsp3) is 0.483. The van der Waals surface area contributed by atoms with E-state index in [0.717, 1.165) is 50.0 Å². The van der Waals surface area contributed by atoms with Gasteiger partial charge in [0.05, 0.1) is 0 Å². The molecule has 2 fully saturated rings. The van der Waals surface area contributed by atoms with Crippen LogP contribution >= 0.6 is 11.6 Å². The van der Waals surface area contributed by atoms with Gasteiger partial charge in [-0.1, -0.05) is 28.9 Å². The van der Waals surface area contributed by atoms with Gasteiger partial charge in [0, 0.05) is 85.0 Å². The number of halogens is 1. The molecule has 1 N–H and O–H groups in total. The van der Waals surface area contributed by atoms with Crippen LogP contribution in [-0.4, -0.2) is 79.8 Å². The molecule has 10 nitrogen and oxygen atoms in total. The van der Waals surface area contributed by atoms with Gasteiger partial charge >= 0.3 is 0 Å². The van der Waals surface area contributed by atoms with Crippen LogP contribution in [0.4, 0.5) is 5.95 Å². The monoisotopic (exact) mass is 562 g/mol. The molecule has 0 atom stereocenters. The van der Waals surface area contributed by atoms with E-state index < -0.39 is 0 Å². The van der Waals surface area contributed by atoms with Crippen molar-refractivity contribution >= 4 is 28.6 Å². The molecular weight excluding hydrogens is 528 g/mol. The average Bonchev–Trinajstić information content (AvgIpc) is 3.40. The van der Waals surface area contributed by atoms with Crippen LogP contribution in [0.15, 0.2) is 39.8 Å². The third-order valence-corrected chi connectivity index (χ3v) is 8.59. The van der Waals surface area contributed by atoms with Gasteiger partial charge in [-0.05, 0) is 51.8 Å². The van der Waals surface area contributed by atoms with Crippen molar-refractivity contribution in [3.05, 3.63) is 51.7 Å². The number of hydrogen-bond acceptors (Lipinski definition) is 9. The van der Waals surface area contributed by atoms with Gasteiger partial charge in [-0.25, -0.2) is 4.98 Å². The second-order valence-electron chi connectivity index (χ2n) is 10.9. The molecule has 0 unspecified atom stereocenters. The predicted octanol–water partition coefficient (Wildman–Crippen LogP) is 4.46. The zero-order chi connectivity index (χ0) is 27.8. The largest absolute Gasteiger partial charge is 0.351 e. The lowest BCUT2D eigenvalue weighted by atomic mass is 9.90. The molecule has 0 radical (unpaired) electrons. The molecular formula is C29H35ClN8O2. The summed E-state index contributed by atoms with van der Waals surface area (Å²) in [5.74, 6) is 1.50. The summed E-state index contributed by atoms with van der Waals surface area (Å²) in [5, 5.41) is 8.73. The summed E-state index contributed by atoms with van der Waals surface area (Å²) in [6.45, 7) is 8.80. The molecule has 1 aliphatic carbocycles. The molecule has 40 heavy (non-hydrogen) atoms. The number of hydrogen-bond donors (Lipinski definition) is 1. The van der Waals surface area contributed by atoms with E-state index in [9.17, 15) is 4.79 Å². The molecule has 1 saturated carbocycles. The summed E-state index contributed by atoms with van der Waals surface area (Å²) in [4.78, 5) is 32.4. The first-order valence-electron chi connectivity index (χ1n) is 14.1. The zero-order valence-electron chi connectivity index (χ0n) is 23.2. The van der Waals surface area contributed by atoms with Gasteiger partial charge in [-0.3, -0.25) is 14.3 Å². The van der Waals surface area contributed by atoms with Gasteiger partial charge in [-0.2, -0.15) is 9.97 Å². The lowest BCUT2D eigenvalue weighted by Gasteiger charge is -2.41. The second kappa shape index (κ2) is 11.3. The van der Waals surface area contributed by atoms with Crippen LogP contribution in [0, 0.1) is 6.92 Å². The van der Waals surface area contributed by atoms with Gasteiger partial charge in [-0.15, -0.1) is 0 Å². The van der Waals surface area contributed by atoms with E-state index in [1.54, 1.807) is 23.8 Å². The van der Waals surface area contributed by atoms with Crippen LogP contribution in [0.3, 0.4) is 0 Å². The minimum Gasteiger partial charge on any atom is -0.351 e. The van der Waals surface area contributed by atoms with Crippen LogP contribution in [0.2, 0.25) is 5.02 Å². The normalized spacial score (nSPS) is 20.7.